The molecule has 0 bridgehead atoms. The van der Waals surface area contributed by atoms with E-state index < -0.39 is 11.6 Å². The van der Waals surface area contributed by atoms with Gasteiger partial charge in [-0.1, -0.05) is 23.1 Å². The molecule has 0 unspecified atom stereocenters. The molecule has 8 heteroatoms. The molecule has 0 aliphatic rings. The van der Waals surface area contributed by atoms with E-state index in [0.717, 1.165) is 23.9 Å². The quantitative estimate of drug-likeness (QED) is 0.880. The Labute approximate surface area is 111 Å². The van der Waals surface area contributed by atoms with Crippen molar-refractivity contribution >= 4 is 33.9 Å². The minimum Gasteiger partial charge on any atom is -0.399 e. The SMILES string of the molecule is CN(C)c1nnc(Sc2c(F)cc(N)cc2F)s1. The number of nitrogen functional groups attached to an aromatic ring is 1. The van der Waals surface area contributed by atoms with Crippen LogP contribution in [0.3, 0.4) is 0 Å². The Morgan fingerprint density at radius 1 is 1.22 bits per heavy atom. The topological polar surface area (TPSA) is 55.0 Å². The highest BCUT2D eigenvalue weighted by Gasteiger charge is 2.15. The normalized spacial score (nSPS) is 10.7. The van der Waals surface area contributed by atoms with Gasteiger partial charge in [-0.25, -0.2) is 8.78 Å². The summed E-state index contributed by atoms with van der Waals surface area (Å²) in [6, 6.07) is 2.17. The number of nitrogens with two attached hydrogens (primary N) is 1. The first kappa shape index (κ1) is 13.0. The Kier molecular flexibility index (Phi) is 3.67. The van der Waals surface area contributed by atoms with Crippen LogP contribution in [0.2, 0.25) is 0 Å². The van der Waals surface area contributed by atoms with Crippen LogP contribution < -0.4 is 10.6 Å². The molecular weight excluding hydrogens is 278 g/mol. The number of benzene rings is 1. The van der Waals surface area contributed by atoms with Crippen LogP contribution >= 0.6 is 23.1 Å². The van der Waals surface area contributed by atoms with Crippen molar-refractivity contribution < 1.29 is 8.78 Å². The lowest BCUT2D eigenvalue weighted by Gasteiger charge is -2.04. The molecule has 1 heterocycles. The number of rotatable bonds is 3. The molecule has 0 amide bonds. The van der Waals surface area contributed by atoms with Crippen LogP contribution in [0.25, 0.3) is 0 Å². The molecule has 96 valence electrons. The zero-order chi connectivity index (χ0) is 13.3. The van der Waals surface area contributed by atoms with E-state index in [2.05, 4.69) is 10.2 Å². The molecule has 2 rings (SSSR count). The van der Waals surface area contributed by atoms with Crippen LogP contribution in [0.5, 0.6) is 0 Å². The van der Waals surface area contributed by atoms with Crippen molar-refractivity contribution in [2.45, 2.75) is 9.24 Å². The van der Waals surface area contributed by atoms with E-state index in [1.165, 1.54) is 11.3 Å². The van der Waals surface area contributed by atoms with E-state index in [4.69, 9.17) is 5.73 Å². The third-order valence-electron chi connectivity index (χ3n) is 1.99. The van der Waals surface area contributed by atoms with E-state index in [-0.39, 0.29) is 10.6 Å². The molecule has 0 saturated heterocycles. The molecule has 2 aromatic rings. The van der Waals surface area contributed by atoms with Gasteiger partial charge in [0.25, 0.3) is 0 Å². The number of nitrogens with zero attached hydrogens (tertiary/aromatic N) is 3. The monoisotopic (exact) mass is 288 g/mol. The van der Waals surface area contributed by atoms with Crippen molar-refractivity contribution in [3.8, 4) is 0 Å². The van der Waals surface area contributed by atoms with E-state index in [1.54, 1.807) is 4.90 Å². The Balaban J connectivity index is 2.28. The Morgan fingerprint density at radius 3 is 2.33 bits per heavy atom. The van der Waals surface area contributed by atoms with E-state index >= 15 is 0 Å². The maximum atomic E-state index is 13.6. The minimum absolute atomic E-state index is 0.0561. The van der Waals surface area contributed by atoms with Crippen LogP contribution in [0.4, 0.5) is 19.6 Å². The van der Waals surface area contributed by atoms with Crippen molar-refractivity contribution in [2.75, 3.05) is 24.7 Å². The Bertz CT molecular complexity index is 548. The fourth-order valence-corrected chi connectivity index (χ4v) is 2.90. The van der Waals surface area contributed by atoms with Gasteiger partial charge < -0.3 is 10.6 Å². The van der Waals surface area contributed by atoms with Gasteiger partial charge in [0.05, 0.1) is 4.90 Å². The van der Waals surface area contributed by atoms with Crippen LogP contribution in [-0.4, -0.2) is 24.3 Å². The number of hydrogen-bond acceptors (Lipinski definition) is 6. The molecule has 0 fully saturated rings. The first-order valence-electron chi connectivity index (χ1n) is 4.90. The van der Waals surface area contributed by atoms with Gasteiger partial charge in [-0.15, -0.1) is 10.2 Å². The Hall–Kier alpha value is -1.41. The Morgan fingerprint density at radius 2 is 1.83 bits per heavy atom. The molecule has 1 aromatic carbocycles. The molecule has 0 spiro atoms. The fraction of sp³-hybridized carbons (Fsp3) is 0.200. The lowest BCUT2D eigenvalue weighted by Crippen LogP contribution is -2.07. The summed E-state index contributed by atoms with van der Waals surface area (Å²) in [6.07, 6.45) is 0. The first-order valence-corrected chi connectivity index (χ1v) is 6.54. The highest BCUT2D eigenvalue weighted by molar-refractivity contribution is 8.01. The van der Waals surface area contributed by atoms with Crippen molar-refractivity contribution in [1.29, 1.82) is 0 Å². The molecule has 0 aliphatic carbocycles. The van der Waals surface area contributed by atoms with Crippen molar-refractivity contribution in [3.05, 3.63) is 23.8 Å². The summed E-state index contributed by atoms with van der Waals surface area (Å²) in [5.74, 6) is -1.39. The van der Waals surface area contributed by atoms with Crippen LogP contribution in [0, 0.1) is 11.6 Å². The van der Waals surface area contributed by atoms with E-state index in [1.807, 2.05) is 14.1 Å². The molecule has 0 aliphatic heterocycles. The predicted octanol–water partition coefficient (Wildman–Crippen LogP) is 2.62. The lowest BCUT2D eigenvalue weighted by atomic mass is 10.3. The van der Waals surface area contributed by atoms with Crippen molar-refractivity contribution in [3.63, 3.8) is 0 Å². The summed E-state index contributed by atoms with van der Waals surface area (Å²) < 4.78 is 27.6. The van der Waals surface area contributed by atoms with Crippen molar-refractivity contribution in [1.82, 2.24) is 10.2 Å². The third-order valence-corrected chi connectivity index (χ3v) is 4.22. The summed E-state index contributed by atoms with van der Waals surface area (Å²) >= 11 is 2.16. The standard InChI is InChI=1S/C10H10F2N4S2/c1-16(2)9-14-15-10(18-9)17-8-6(11)3-5(13)4-7(8)12/h3-4H,13H2,1-2H3. The molecule has 18 heavy (non-hydrogen) atoms. The zero-order valence-corrected chi connectivity index (χ0v) is 11.3. The maximum Gasteiger partial charge on any atom is 0.208 e. The van der Waals surface area contributed by atoms with Gasteiger partial charge in [-0.3, -0.25) is 0 Å². The van der Waals surface area contributed by atoms with E-state index in [0.29, 0.717) is 9.47 Å². The van der Waals surface area contributed by atoms with Gasteiger partial charge >= 0.3 is 0 Å². The third kappa shape index (κ3) is 2.70. The van der Waals surface area contributed by atoms with E-state index in [9.17, 15) is 8.78 Å². The highest BCUT2D eigenvalue weighted by atomic mass is 32.2. The maximum absolute atomic E-state index is 13.6. The predicted molar refractivity (Wildman–Crippen MR) is 69.1 cm³/mol. The number of hydrogen-bond donors (Lipinski definition) is 1. The molecule has 1 aromatic heterocycles. The first-order chi connectivity index (χ1) is 8.47. The van der Waals surface area contributed by atoms with Crippen LogP contribution in [0.15, 0.2) is 21.4 Å². The summed E-state index contributed by atoms with van der Waals surface area (Å²) in [6.45, 7) is 0. The summed E-state index contributed by atoms with van der Waals surface area (Å²) in [7, 11) is 3.64. The second-order valence-electron chi connectivity index (χ2n) is 3.66. The van der Waals surface area contributed by atoms with Crippen LogP contribution in [-0.2, 0) is 0 Å². The largest absolute Gasteiger partial charge is 0.399 e. The summed E-state index contributed by atoms with van der Waals surface area (Å²) in [5, 5.41) is 8.43. The van der Waals surface area contributed by atoms with Gasteiger partial charge in [0.2, 0.25) is 5.13 Å². The van der Waals surface area contributed by atoms with Crippen molar-refractivity contribution in [2.24, 2.45) is 0 Å². The van der Waals surface area contributed by atoms with Gasteiger partial charge in [0.15, 0.2) is 4.34 Å². The van der Waals surface area contributed by atoms with Crippen LogP contribution in [0.1, 0.15) is 0 Å². The zero-order valence-electron chi connectivity index (χ0n) is 9.65. The number of halogens is 2. The molecule has 4 nitrogen and oxygen atoms in total. The molecular formula is C10H10F2N4S2. The van der Waals surface area contributed by atoms with Gasteiger partial charge in [0.1, 0.15) is 11.6 Å². The molecule has 2 N–H and O–H groups in total. The van der Waals surface area contributed by atoms with Gasteiger partial charge in [0, 0.05) is 19.8 Å². The molecule has 0 radical (unpaired) electrons. The fourth-order valence-electron chi connectivity index (χ4n) is 1.19. The lowest BCUT2D eigenvalue weighted by molar-refractivity contribution is 0.542. The second kappa shape index (κ2) is 5.07. The number of aromatic nitrogens is 2. The second-order valence-corrected chi connectivity index (χ2v) is 5.87. The average Bonchev–Trinajstić information content (AvgIpc) is 2.71. The molecule has 0 saturated carbocycles. The number of anilines is 2. The highest BCUT2D eigenvalue weighted by Crippen LogP contribution is 2.36. The van der Waals surface area contributed by atoms with Gasteiger partial charge in [-0.2, -0.15) is 0 Å². The smallest absolute Gasteiger partial charge is 0.208 e. The minimum atomic E-state index is -0.695. The summed E-state index contributed by atoms with van der Waals surface area (Å²) in [4.78, 5) is 1.66. The van der Waals surface area contributed by atoms with Gasteiger partial charge in [-0.05, 0) is 12.1 Å². The average molecular weight is 288 g/mol. The molecule has 0 atom stereocenters. The summed E-state index contributed by atoms with van der Waals surface area (Å²) in [5.41, 5.74) is 5.40.